The van der Waals surface area contributed by atoms with Gasteiger partial charge in [0.05, 0.1) is 23.8 Å². The number of nitrogens with two attached hydrogens (primary N) is 1. The fraction of sp³-hybridized carbons (Fsp3) is 0.250. The van der Waals surface area contributed by atoms with Gasteiger partial charge in [0.15, 0.2) is 0 Å². The molecule has 0 aliphatic heterocycles. The van der Waals surface area contributed by atoms with E-state index < -0.39 is 0 Å². The van der Waals surface area contributed by atoms with Gasteiger partial charge in [-0.25, -0.2) is 4.68 Å². The van der Waals surface area contributed by atoms with Gasteiger partial charge in [-0.2, -0.15) is 5.10 Å². The van der Waals surface area contributed by atoms with Gasteiger partial charge in [-0.3, -0.25) is 0 Å². The molecule has 0 aliphatic rings. The number of aromatic nitrogens is 2. The molecule has 1 aromatic heterocycles. The fourth-order valence-electron chi connectivity index (χ4n) is 1.69. The second-order valence-corrected chi connectivity index (χ2v) is 4.55. The summed E-state index contributed by atoms with van der Waals surface area (Å²) in [4.78, 5) is 0. The maximum Gasteiger partial charge on any atom is 0.136 e. The molecule has 2 aromatic rings. The van der Waals surface area contributed by atoms with E-state index in [-0.39, 0.29) is 0 Å². The molecule has 4 nitrogen and oxygen atoms in total. The topological polar surface area (TPSA) is 53.1 Å². The van der Waals surface area contributed by atoms with Crippen LogP contribution in [0.25, 0.3) is 0 Å². The minimum atomic E-state index is 0.599. The third-order valence-electron chi connectivity index (χ3n) is 2.60. The monoisotopic (exact) mass is 295 g/mol. The van der Waals surface area contributed by atoms with E-state index in [2.05, 4.69) is 21.0 Å². The summed E-state index contributed by atoms with van der Waals surface area (Å²) in [5.41, 5.74) is 7.89. The van der Waals surface area contributed by atoms with Crippen LogP contribution < -0.4 is 10.5 Å². The number of hydrogen-bond donors (Lipinski definition) is 1. The average molecular weight is 296 g/mol. The smallest absolute Gasteiger partial charge is 0.136 e. The minimum absolute atomic E-state index is 0.599. The number of benzene rings is 1. The average Bonchev–Trinajstić information content (AvgIpc) is 2.58. The molecule has 0 atom stereocenters. The molecule has 2 N–H and O–H groups in total. The summed E-state index contributed by atoms with van der Waals surface area (Å²) >= 11 is 3.41. The van der Waals surface area contributed by atoms with Gasteiger partial charge in [0.25, 0.3) is 0 Å². The first kappa shape index (κ1) is 12.0. The van der Waals surface area contributed by atoms with Crippen LogP contribution in [0.15, 0.2) is 28.7 Å². The van der Waals surface area contributed by atoms with Crippen molar-refractivity contribution in [3.63, 3.8) is 0 Å². The Bertz CT molecular complexity index is 537. The molecule has 0 unspecified atom stereocenters. The highest BCUT2D eigenvalue weighted by atomic mass is 79.9. The summed E-state index contributed by atoms with van der Waals surface area (Å²) in [7, 11) is 1.66. The Balaban J connectivity index is 2.34. The summed E-state index contributed by atoms with van der Waals surface area (Å²) in [5.74, 6) is 1.48. The third kappa shape index (κ3) is 2.29. The Morgan fingerprint density at radius 3 is 2.71 bits per heavy atom. The van der Waals surface area contributed by atoms with E-state index in [0.717, 1.165) is 21.5 Å². The minimum Gasteiger partial charge on any atom is -0.496 e. The Hall–Kier alpha value is -1.49. The molecule has 0 saturated carbocycles. The van der Waals surface area contributed by atoms with Crippen molar-refractivity contribution >= 4 is 21.7 Å². The molecular weight excluding hydrogens is 282 g/mol. The van der Waals surface area contributed by atoms with Gasteiger partial charge in [-0.05, 0) is 28.9 Å². The Labute approximate surface area is 109 Å². The largest absolute Gasteiger partial charge is 0.496 e. The second kappa shape index (κ2) is 4.79. The van der Waals surface area contributed by atoms with E-state index in [1.807, 2.05) is 31.2 Å². The second-order valence-electron chi connectivity index (χ2n) is 3.75. The standard InChI is InChI=1S/C12H14BrN3O/c1-8-11(13)12(14)16(15-8)7-9-5-3-4-6-10(9)17-2/h3-6H,7,14H2,1-2H3. The summed E-state index contributed by atoms with van der Waals surface area (Å²) in [5, 5.41) is 4.37. The summed E-state index contributed by atoms with van der Waals surface area (Å²) < 4.78 is 7.92. The van der Waals surface area contributed by atoms with Gasteiger partial charge in [-0.1, -0.05) is 18.2 Å². The number of halogens is 1. The summed E-state index contributed by atoms with van der Waals surface area (Å²) in [6, 6.07) is 7.84. The number of aryl methyl sites for hydroxylation is 1. The van der Waals surface area contributed by atoms with Crippen molar-refractivity contribution in [1.82, 2.24) is 9.78 Å². The third-order valence-corrected chi connectivity index (χ3v) is 3.58. The van der Waals surface area contributed by atoms with E-state index >= 15 is 0 Å². The maximum absolute atomic E-state index is 5.96. The molecule has 0 saturated heterocycles. The first-order valence-corrected chi connectivity index (χ1v) is 6.03. The van der Waals surface area contributed by atoms with Crippen LogP contribution in [-0.2, 0) is 6.54 Å². The van der Waals surface area contributed by atoms with Crippen LogP contribution in [0.1, 0.15) is 11.3 Å². The van der Waals surface area contributed by atoms with Crippen molar-refractivity contribution in [2.45, 2.75) is 13.5 Å². The van der Waals surface area contributed by atoms with E-state index in [1.165, 1.54) is 0 Å². The zero-order valence-corrected chi connectivity index (χ0v) is 11.4. The van der Waals surface area contributed by atoms with Crippen molar-refractivity contribution in [2.24, 2.45) is 0 Å². The van der Waals surface area contributed by atoms with Crippen LogP contribution in [0.2, 0.25) is 0 Å². The molecule has 0 fully saturated rings. The number of ether oxygens (including phenoxy) is 1. The zero-order valence-electron chi connectivity index (χ0n) is 9.77. The lowest BCUT2D eigenvalue weighted by Gasteiger charge is -2.09. The predicted molar refractivity (Wildman–Crippen MR) is 71.2 cm³/mol. The van der Waals surface area contributed by atoms with Crippen molar-refractivity contribution in [1.29, 1.82) is 0 Å². The lowest BCUT2D eigenvalue weighted by molar-refractivity contribution is 0.407. The lowest BCUT2D eigenvalue weighted by Crippen LogP contribution is -2.07. The van der Waals surface area contributed by atoms with Gasteiger partial charge < -0.3 is 10.5 Å². The van der Waals surface area contributed by atoms with Crippen LogP contribution >= 0.6 is 15.9 Å². The van der Waals surface area contributed by atoms with Gasteiger partial charge in [0.1, 0.15) is 11.6 Å². The number of methoxy groups -OCH3 is 1. The van der Waals surface area contributed by atoms with Crippen molar-refractivity contribution in [2.75, 3.05) is 12.8 Å². The molecule has 5 heteroatoms. The van der Waals surface area contributed by atoms with Crippen LogP contribution in [0.5, 0.6) is 5.75 Å². The number of nitrogens with zero attached hydrogens (tertiary/aromatic N) is 2. The highest BCUT2D eigenvalue weighted by Gasteiger charge is 2.11. The molecule has 1 heterocycles. The van der Waals surface area contributed by atoms with E-state index in [9.17, 15) is 0 Å². The Morgan fingerprint density at radius 2 is 2.12 bits per heavy atom. The molecule has 90 valence electrons. The molecule has 17 heavy (non-hydrogen) atoms. The van der Waals surface area contributed by atoms with Gasteiger partial charge >= 0.3 is 0 Å². The number of nitrogen functional groups attached to an aromatic ring is 1. The van der Waals surface area contributed by atoms with Gasteiger partial charge in [0.2, 0.25) is 0 Å². The summed E-state index contributed by atoms with van der Waals surface area (Å²) in [6.07, 6.45) is 0. The molecular formula is C12H14BrN3O. The molecule has 1 aromatic carbocycles. The van der Waals surface area contributed by atoms with Gasteiger partial charge in [-0.15, -0.1) is 0 Å². The van der Waals surface area contributed by atoms with E-state index in [0.29, 0.717) is 12.4 Å². The SMILES string of the molecule is COc1ccccc1Cn1nc(C)c(Br)c1N. The van der Waals surface area contributed by atoms with Crippen molar-refractivity contribution in [3.05, 3.63) is 40.0 Å². The van der Waals surface area contributed by atoms with Gasteiger partial charge in [0, 0.05) is 5.56 Å². The first-order chi connectivity index (χ1) is 8.13. The molecule has 2 rings (SSSR count). The van der Waals surface area contributed by atoms with Crippen molar-refractivity contribution in [3.8, 4) is 5.75 Å². The van der Waals surface area contributed by atoms with Crippen LogP contribution in [0.3, 0.4) is 0 Å². The number of hydrogen-bond acceptors (Lipinski definition) is 3. The molecule has 0 aliphatic carbocycles. The molecule has 0 amide bonds. The Morgan fingerprint density at radius 1 is 1.41 bits per heavy atom. The zero-order chi connectivity index (χ0) is 12.4. The normalized spacial score (nSPS) is 10.5. The number of rotatable bonds is 3. The highest BCUT2D eigenvalue weighted by Crippen LogP contribution is 2.25. The fourth-order valence-corrected chi connectivity index (χ4v) is 1.98. The molecule has 0 spiro atoms. The van der Waals surface area contributed by atoms with E-state index in [1.54, 1.807) is 11.8 Å². The quantitative estimate of drug-likeness (QED) is 0.947. The lowest BCUT2D eigenvalue weighted by atomic mass is 10.2. The maximum atomic E-state index is 5.96. The van der Waals surface area contributed by atoms with Crippen molar-refractivity contribution < 1.29 is 4.74 Å². The number of para-hydroxylation sites is 1. The van der Waals surface area contributed by atoms with Crippen LogP contribution in [0, 0.1) is 6.92 Å². The molecule has 0 bridgehead atoms. The highest BCUT2D eigenvalue weighted by molar-refractivity contribution is 9.10. The molecule has 0 radical (unpaired) electrons. The predicted octanol–water partition coefficient (Wildman–Crippen LogP) is 2.59. The summed E-state index contributed by atoms with van der Waals surface area (Å²) in [6.45, 7) is 2.52. The number of anilines is 1. The van der Waals surface area contributed by atoms with Crippen LogP contribution in [-0.4, -0.2) is 16.9 Å². The Kier molecular flexibility index (Phi) is 3.38. The first-order valence-electron chi connectivity index (χ1n) is 5.23. The van der Waals surface area contributed by atoms with E-state index in [4.69, 9.17) is 10.5 Å². The van der Waals surface area contributed by atoms with Crippen LogP contribution in [0.4, 0.5) is 5.82 Å².